The zero-order valence-corrected chi connectivity index (χ0v) is 19.5. The first-order chi connectivity index (χ1) is 16.0. The van der Waals surface area contributed by atoms with E-state index >= 15 is 0 Å². The van der Waals surface area contributed by atoms with E-state index in [9.17, 15) is 9.59 Å². The van der Waals surface area contributed by atoms with Crippen LogP contribution in [0.1, 0.15) is 39.2 Å². The summed E-state index contributed by atoms with van der Waals surface area (Å²) < 4.78 is 5.80. The summed E-state index contributed by atoms with van der Waals surface area (Å²) in [4.78, 5) is 29.9. The molecule has 6 nitrogen and oxygen atoms in total. The van der Waals surface area contributed by atoms with Crippen molar-refractivity contribution in [1.29, 1.82) is 0 Å². The van der Waals surface area contributed by atoms with Crippen molar-refractivity contribution in [3.63, 3.8) is 0 Å². The molecule has 1 unspecified atom stereocenters. The Morgan fingerprint density at radius 3 is 2.55 bits per heavy atom. The van der Waals surface area contributed by atoms with Crippen LogP contribution >= 0.6 is 22.9 Å². The van der Waals surface area contributed by atoms with E-state index in [0.717, 1.165) is 16.3 Å². The molecule has 2 amide bonds. The molecule has 4 rings (SSSR count). The zero-order valence-electron chi connectivity index (χ0n) is 17.9. The standard InChI is InChI=1S/C25H22ClN3O3S/c1-16-28-22(15-33-16)23-12-11-18(32-23)14-27-24(30)13-21(17-7-3-2-4-8-17)29-25(31)19-9-5-6-10-20(19)26/h2-12,15,21H,13-14H2,1H3,(H,27,30)(H,29,31). The van der Waals surface area contributed by atoms with Crippen molar-refractivity contribution in [2.45, 2.75) is 25.9 Å². The average molecular weight is 480 g/mol. The minimum Gasteiger partial charge on any atom is -0.458 e. The summed E-state index contributed by atoms with van der Waals surface area (Å²) in [5.74, 6) is 0.736. The number of amides is 2. The van der Waals surface area contributed by atoms with Crippen molar-refractivity contribution in [3.05, 3.63) is 99.0 Å². The molecular formula is C25H22ClN3O3S. The minimum atomic E-state index is -0.514. The van der Waals surface area contributed by atoms with Crippen LogP contribution in [0, 0.1) is 6.92 Å². The number of nitrogens with one attached hydrogen (secondary N) is 2. The van der Waals surface area contributed by atoms with Gasteiger partial charge >= 0.3 is 0 Å². The largest absolute Gasteiger partial charge is 0.458 e. The molecule has 0 aliphatic carbocycles. The van der Waals surface area contributed by atoms with Crippen molar-refractivity contribution in [2.75, 3.05) is 0 Å². The normalized spacial score (nSPS) is 11.7. The number of nitrogens with zero attached hydrogens (tertiary/aromatic N) is 1. The quantitative estimate of drug-likeness (QED) is 0.347. The number of carbonyl (C=O) groups is 2. The average Bonchev–Trinajstić information content (AvgIpc) is 3.47. The van der Waals surface area contributed by atoms with Crippen LogP contribution in [-0.2, 0) is 11.3 Å². The molecule has 0 saturated heterocycles. The molecule has 0 aliphatic rings. The van der Waals surface area contributed by atoms with E-state index in [1.807, 2.05) is 54.8 Å². The van der Waals surface area contributed by atoms with Gasteiger partial charge in [-0.3, -0.25) is 9.59 Å². The molecule has 2 N–H and O–H groups in total. The third-order valence-electron chi connectivity index (χ3n) is 5.01. The maximum atomic E-state index is 12.8. The highest BCUT2D eigenvalue weighted by Gasteiger charge is 2.20. The number of halogens is 1. The molecule has 2 aromatic heterocycles. The van der Waals surface area contributed by atoms with Crippen molar-refractivity contribution >= 4 is 34.8 Å². The Hall–Kier alpha value is -3.42. The van der Waals surface area contributed by atoms with E-state index in [1.165, 1.54) is 0 Å². The van der Waals surface area contributed by atoms with Gasteiger partial charge < -0.3 is 15.1 Å². The number of rotatable bonds is 8. The van der Waals surface area contributed by atoms with Crippen LogP contribution in [0.4, 0.5) is 0 Å². The van der Waals surface area contributed by atoms with Crippen LogP contribution in [0.3, 0.4) is 0 Å². The van der Waals surface area contributed by atoms with Gasteiger partial charge in [-0.05, 0) is 36.8 Å². The van der Waals surface area contributed by atoms with E-state index in [1.54, 1.807) is 35.6 Å². The maximum absolute atomic E-state index is 12.8. The third kappa shape index (κ3) is 5.88. The van der Waals surface area contributed by atoms with Gasteiger partial charge in [0.25, 0.3) is 5.91 Å². The lowest BCUT2D eigenvalue weighted by atomic mass is 10.0. The van der Waals surface area contributed by atoms with Gasteiger partial charge in [-0.15, -0.1) is 11.3 Å². The number of benzene rings is 2. The van der Waals surface area contributed by atoms with E-state index in [4.69, 9.17) is 16.0 Å². The maximum Gasteiger partial charge on any atom is 0.253 e. The predicted octanol–water partition coefficient (Wildman–Crippen LogP) is 5.54. The van der Waals surface area contributed by atoms with E-state index in [-0.39, 0.29) is 24.8 Å². The van der Waals surface area contributed by atoms with E-state index in [0.29, 0.717) is 22.1 Å². The van der Waals surface area contributed by atoms with Crippen molar-refractivity contribution in [3.8, 4) is 11.5 Å². The molecule has 8 heteroatoms. The SMILES string of the molecule is Cc1nc(-c2ccc(CNC(=O)CC(NC(=O)c3ccccc3Cl)c3ccccc3)o2)cs1. The van der Waals surface area contributed by atoms with Crippen molar-refractivity contribution in [2.24, 2.45) is 0 Å². The summed E-state index contributed by atoms with van der Waals surface area (Å²) in [6.07, 6.45) is 0.0685. The molecule has 1 atom stereocenters. The number of aryl methyl sites for hydroxylation is 1. The zero-order chi connectivity index (χ0) is 23.2. The Morgan fingerprint density at radius 1 is 1.06 bits per heavy atom. The molecule has 0 fully saturated rings. The Morgan fingerprint density at radius 2 is 1.82 bits per heavy atom. The molecule has 0 radical (unpaired) electrons. The first-order valence-corrected chi connectivity index (χ1v) is 11.6. The van der Waals surface area contributed by atoms with Crippen LogP contribution < -0.4 is 10.6 Å². The lowest BCUT2D eigenvalue weighted by Gasteiger charge is -2.19. The Balaban J connectivity index is 1.41. The molecule has 33 heavy (non-hydrogen) atoms. The number of hydrogen-bond acceptors (Lipinski definition) is 5. The monoisotopic (exact) mass is 479 g/mol. The fourth-order valence-corrected chi connectivity index (χ4v) is 4.17. The highest BCUT2D eigenvalue weighted by Crippen LogP contribution is 2.24. The minimum absolute atomic E-state index is 0.0685. The number of carbonyl (C=O) groups excluding carboxylic acids is 2. The van der Waals surface area contributed by atoms with Gasteiger partial charge in [0, 0.05) is 5.38 Å². The second-order valence-corrected chi connectivity index (χ2v) is 8.88. The summed E-state index contributed by atoms with van der Waals surface area (Å²) >= 11 is 7.72. The van der Waals surface area contributed by atoms with Crippen LogP contribution in [0.25, 0.3) is 11.5 Å². The Kier molecular flexibility index (Phi) is 7.22. The highest BCUT2D eigenvalue weighted by atomic mass is 35.5. The molecule has 4 aromatic rings. The topological polar surface area (TPSA) is 84.2 Å². The van der Waals surface area contributed by atoms with Gasteiger partial charge in [0.1, 0.15) is 11.5 Å². The first kappa shape index (κ1) is 22.8. The van der Waals surface area contributed by atoms with E-state index in [2.05, 4.69) is 15.6 Å². The van der Waals surface area contributed by atoms with Crippen LogP contribution in [-0.4, -0.2) is 16.8 Å². The fraction of sp³-hybridized carbons (Fsp3) is 0.160. The second-order valence-electron chi connectivity index (χ2n) is 7.42. The van der Waals surface area contributed by atoms with Gasteiger partial charge in [-0.2, -0.15) is 0 Å². The highest BCUT2D eigenvalue weighted by molar-refractivity contribution is 7.09. The van der Waals surface area contributed by atoms with Crippen LogP contribution in [0.5, 0.6) is 0 Å². The number of hydrogen-bond donors (Lipinski definition) is 2. The fourth-order valence-electron chi connectivity index (χ4n) is 3.35. The molecule has 0 aliphatic heterocycles. The van der Waals surface area contributed by atoms with Gasteiger partial charge in [0.15, 0.2) is 5.76 Å². The summed E-state index contributed by atoms with van der Waals surface area (Å²) in [6.45, 7) is 2.17. The Bertz CT molecular complexity index is 1250. The van der Waals surface area contributed by atoms with Crippen molar-refractivity contribution < 1.29 is 14.0 Å². The number of aromatic nitrogens is 1. The summed E-state index contributed by atoms with van der Waals surface area (Å²) in [5.41, 5.74) is 1.97. The van der Waals surface area contributed by atoms with Gasteiger partial charge in [-0.25, -0.2) is 4.98 Å². The van der Waals surface area contributed by atoms with Gasteiger partial charge in [0.2, 0.25) is 5.91 Å². The number of furan rings is 1. The lowest BCUT2D eigenvalue weighted by molar-refractivity contribution is -0.121. The van der Waals surface area contributed by atoms with Crippen LogP contribution in [0.15, 0.2) is 76.5 Å². The van der Waals surface area contributed by atoms with Gasteiger partial charge in [-0.1, -0.05) is 54.1 Å². The molecule has 168 valence electrons. The molecule has 0 saturated carbocycles. The van der Waals surface area contributed by atoms with Crippen LogP contribution in [0.2, 0.25) is 5.02 Å². The smallest absolute Gasteiger partial charge is 0.253 e. The summed E-state index contributed by atoms with van der Waals surface area (Å²) in [5, 5.41) is 9.05. The summed E-state index contributed by atoms with van der Waals surface area (Å²) in [7, 11) is 0. The second kappa shape index (κ2) is 10.5. The Labute approximate surface area is 200 Å². The predicted molar refractivity (Wildman–Crippen MR) is 129 cm³/mol. The molecule has 2 aromatic carbocycles. The lowest BCUT2D eigenvalue weighted by Crippen LogP contribution is -2.33. The van der Waals surface area contributed by atoms with Gasteiger partial charge in [0.05, 0.1) is 34.6 Å². The van der Waals surface area contributed by atoms with Crippen molar-refractivity contribution in [1.82, 2.24) is 15.6 Å². The molecule has 0 bridgehead atoms. The molecular weight excluding hydrogens is 458 g/mol. The third-order valence-corrected chi connectivity index (χ3v) is 6.11. The number of thiazole rings is 1. The molecule has 2 heterocycles. The first-order valence-electron chi connectivity index (χ1n) is 10.4. The molecule has 0 spiro atoms. The summed E-state index contributed by atoms with van der Waals surface area (Å²) in [6, 6.07) is 19.3. The van der Waals surface area contributed by atoms with E-state index < -0.39 is 6.04 Å².